The number of anilines is 1. The molecule has 0 aliphatic carbocycles. The first kappa shape index (κ1) is 12.1. The summed E-state index contributed by atoms with van der Waals surface area (Å²) in [6, 6.07) is 0.636. The molecule has 1 atom stereocenters. The molecular formula is C11H18ClN3S. The Morgan fingerprint density at radius 2 is 2.44 bits per heavy atom. The Balaban J connectivity index is 2.01. The summed E-state index contributed by atoms with van der Waals surface area (Å²) in [5.41, 5.74) is 0. The van der Waals surface area contributed by atoms with Crippen LogP contribution in [0.25, 0.3) is 0 Å². The molecule has 0 amide bonds. The third kappa shape index (κ3) is 2.66. The molecule has 1 aromatic rings. The fourth-order valence-electron chi connectivity index (χ4n) is 2.21. The third-order valence-corrected chi connectivity index (χ3v) is 4.13. The van der Waals surface area contributed by atoms with Crippen molar-refractivity contribution in [1.82, 2.24) is 9.36 Å². The van der Waals surface area contributed by atoms with Gasteiger partial charge in [-0.1, -0.05) is 6.92 Å². The lowest BCUT2D eigenvalue weighted by atomic mass is 10.1. The van der Waals surface area contributed by atoms with E-state index in [2.05, 4.69) is 21.2 Å². The molecule has 3 nitrogen and oxygen atoms in total. The van der Waals surface area contributed by atoms with E-state index in [0.717, 1.165) is 36.2 Å². The van der Waals surface area contributed by atoms with Crippen molar-refractivity contribution in [3.63, 3.8) is 0 Å². The van der Waals surface area contributed by atoms with Gasteiger partial charge in [0.05, 0.1) is 0 Å². The summed E-state index contributed by atoms with van der Waals surface area (Å²) in [7, 11) is 0. The average Bonchev–Trinajstić information content (AvgIpc) is 2.94. The minimum absolute atomic E-state index is 0.636. The Bertz CT molecular complexity index is 329. The summed E-state index contributed by atoms with van der Waals surface area (Å²) < 4.78 is 4.36. The number of aromatic nitrogens is 2. The van der Waals surface area contributed by atoms with Gasteiger partial charge in [-0.25, -0.2) is 4.98 Å². The van der Waals surface area contributed by atoms with Crippen LogP contribution in [0.2, 0.25) is 0 Å². The number of hydrogen-bond donors (Lipinski definition) is 0. The highest BCUT2D eigenvalue weighted by molar-refractivity contribution is 7.09. The molecule has 1 fully saturated rings. The van der Waals surface area contributed by atoms with Crippen LogP contribution < -0.4 is 4.90 Å². The van der Waals surface area contributed by atoms with Gasteiger partial charge in [0.25, 0.3) is 0 Å². The highest BCUT2D eigenvalue weighted by Crippen LogP contribution is 2.29. The number of halogens is 1. The van der Waals surface area contributed by atoms with Crippen LogP contribution in [-0.4, -0.2) is 27.8 Å². The van der Waals surface area contributed by atoms with Crippen molar-refractivity contribution in [2.45, 2.75) is 45.1 Å². The van der Waals surface area contributed by atoms with Gasteiger partial charge in [-0.05, 0) is 25.7 Å². The molecule has 0 radical (unpaired) electrons. The second kappa shape index (κ2) is 5.82. The van der Waals surface area contributed by atoms with E-state index in [1.807, 2.05) is 0 Å². The lowest BCUT2D eigenvalue weighted by molar-refractivity contribution is 0.601. The standard InChI is InChI=1S/C11H18ClN3S/c1-2-10-13-11(16-14-10)15-8-4-6-9(15)5-3-7-12/h9H,2-8H2,1H3. The van der Waals surface area contributed by atoms with Gasteiger partial charge in [-0.15, -0.1) is 11.6 Å². The van der Waals surface area contributed by atoms with E-state index < -0.39 is 0 Å². The number of rotatable bonds is 5. The predicted octanol–water partition coefficient (Wildman–Crippen LogP) is 3.09. The van der Waals surface area contributed by atoms with Gasteiger partial charge < -0.3 is 4.90 Å². The van der Waals surface area contributed by atoms with E-state index in [1.165, 1.54) is 19.3 Å². The van der Waals surface area contributed by atoms with Crippen molar-refractivity contribution in [1.29, 1.82) is 0 Å². The summed E-state index contributed by atoms with van der Waals surface area (Å²) >= 11 is 7.30. The zero-order valence-corrected chi connectivity index (χ0v) is 11.2. The second-order valence-corrected chi connectivity index (χ2v) is 5.28. The first-order chi connectivity index (χ1) is 7.85. The molecule has 5 heteroatoms. The fourth-order valence-corrected chi connectivity index (χ4v) is 3.21. The van der Waals surface area contributed by atoms with Crippen molar-refractivity contribution in [3.05, 3.63) is 5.82 Å². The average molecular weight is 260 g/mol. The van der Waals surface area contributed by atoms with Gasteiger partial charge in [0.2, 0.25) is 5.13 Å². The van der Waals surface area contributed by atoms with Crippen LogP contribution in [0, 0.1) is 0 Å². The van der Waals surface area contributed by atoms with Gasteiger partial charge in [0.1, 0.15) is 5.82 Å². The van der Waals surface area contributed by atoms with Crippen LogP contribution in [0.5, 0.6) is 0 Å². The van der Waals surface area contributed by atoms with E-state index in [9.17, 15) is 0 Å². The van der Waals surface area contributed by atoms with Crippen LogP contribution in [0.4, 0.5) is 5.13 Å². The van der Waals surface area contributed by atoms with Crippen LogP contribution in [-0.2, 0) is 6.42 Å². The first-order valence-electron chi connectivity index (χ1n) is 6.00. The molecule has 0 saturated carbocycles. The van der Waals surface area contributed by atoms with Crippen LogP contribution in [0.1, 0.15) is 38.4 Å². The van der Waals surface area contributed by atoms with Crippen molar-refractivity contribution in [3.8, 4) is 0 Å². The maximum Gasteiger partial charge on any atom is 0.205 e. The SMILES string of the molecule is CCc1nsc(N2CCCC2CCCCl)n1. The zero-order chi connectivity index (χ0) is 11.4. The molecule has 2 rings (SSSR count). The topological polar surface area (TPSA) is 29.0 Å². The minimum Gasteiger partial charge on any atom is -0.344 e. The van der Waals surface area contributed by atoms with E-state index in [1.54, 1.807) is 11.5 Å². The monoisotopic (exact) mass is 259 g/mol. The third-order valence-electron chi connectivity index (χ3n) is 3.07. The Morgan fingerprint density at radius 1 is 1.56 bits per heavy atom. The molecule has 1 aliphatic heterocycles. The Kier molecular flexibility index (Phi) is 4.41. The van der Waals surface area contributed by atoms with Crippen LogP contribution in [0.15, 0.2) is 0 Å². The predicted molar refractivity (Wildman–Crippen MR) is 69.6 cm³/mol. The molecule has 1 saturated heterocycles. The fraction of sp³-hybridized carbons (Fsp3) is 0.818. The highest BCUT2D eigenvalue weighted by Gasteiger charge is 2.26. The maximum absolute atomic E-state index is 5.76. The number of hydrogen-bond acceptors (Lipinski definition) is 4. The largest absolute Gasteiger partial charge is 0.344 e. The Labute approximate surface area is 106 Å². The van der Waals surface area contributed by atoms with E-state index in [4.69, 9.17) is 11.6 Å². The van der Waals surface area contributed by atoms with Gasteiger partial charge in [-0.2, -0.15) is 4.37 Å². The summed E-state index contributed by atoms with van der Waals surface area (Å²) in [6.45, 7) is 3.23. The lowest BCUT2D eigenvalue weighted by Gasteiger charge is -2.23. The molecular weight excluding hydrogens is 242 g/mol. The Morgan fingerprint density at radius 3 is 3.12 bits per heavy atom. The molecule has 1 unspecified atom stereocenters. The second-order valence-electron chi connectivity index (χ2n) is 4.17. The summed E-state index contributed by atoms with van der Waals surface area (Å²) in [5.74, 6) is 1.74. The minimum atomic E-state index is 0.636. The molecule has 16 heavy (non-hydrogen) atoms. The molecule has 0 bridgehead atoms. The summed E-state index contributed by atoms with van der Waals surface area (Å²) in [6.07, 6.45) is 5.76. The molecule has 1 aromatic heterocycles. The van der Waals surface area contributed by atoms with Gasteiger partial charge in [-0.3, -0.25) is 0 Å². The smallest absolute Gasteiger partial charge is 0.205 e. The summed E-state index contributed by atoms with van der Waals surface area (Å²) in [5, 5.41) is 1.11. The van der Waals surface area contributed by atoms with Crippen molar-refractivity contribution >= 4 is 28.3 Å². The van der Waals surface area contributed by atoms with Crippen molar-refractivity contribution in [2.24, 2.45) is 0 Å². The van der Waals surface area contributed by atoms with E-state index in [0.29, 0.717) is 6.04 Å². The summed E-state index contributed by atoms with van der Waals surface area (Å²) in [4.78, 5) is 6.99. The van der Waals surface area contributed by atoms with Crippen molar-refractivity contribution < 1.29 is 0 Å². The van der Waals surface area contributed by atoms with E-state index >= 15 is 0 Å². The van der Waals surface area contributed by atoms with Gasteiger partial charge in [0.15, 0.2) is 0 Å². The normalized spacial score (nSPS) is 20.6. The molecule has 2 heterocycles. The van der Waals surface area contributed by atoms with Crippen LogP contribution in [0.3, 0.4) is 0 Å². The molecule has 0 spiro atoms. The zero-order valence-electron chi connectivity index (χ0n) is 9.65. The molecule has 1 aliphatic rings. The number of aryl methyl sites for hydroxylation is 1. The van der Waals surface area contributed by atoms with Crippen molar-refractivity contribution in [2.75, 3.05) is 17.3 Å². The lowest BCUT2D eigenvalue weighted by Crippen LogP contribution is -2.29. The van der Waals surface area contributed by atoms with Gasteiger partial charge >= 0.3 is 0 Å². The highest BCUT2D eigenvalue weighted by atomic mass is 35.5. The quantitative estimate of drug-likeness (QED) is 0.761. The Hall–Kier alpha value is -0.350. The number of alkyl halides is 1. The first-order valence-corrected chi connectivity index (χ1v) is 7.31. The van der Waals surface area contributed by atoms with Crippen LogP contribution >= 0.6 is 23.1 Å². The maximum atomic E-state index is 5.76. The molecule has 0 N–H and O–H groups in total. The van der Waals surface area contributed by atoms with E-state index in [-0.39, 0.29) is 0 Å². The van der Waals surface area contributed by atoms with Gasteiger partial charge in [0, 0.05) is 36.4 Å². The molecule has 0 aromatic carbocycles. The number of nitrogens with zero attached hydrogens (tertiary/aromatic N) is 3. The molecule has 90 valence electrons.